The van der Waals surface area contributed by atoms with Gasteiger partial charge in [0.1, 0.15) is 26.0 Å². The van der Waals surface area contributed by atoms with E-state index in [0.717, 1.165) is 24.7 Å². The lowest BCUT2D eigenvalue weighted by atomic mass is 10.1. The van der Waals surface area contributed by atoms with E-state index < -0.39 is 13.7 Å². The molecular formula is C18H32BN3O3Si. The summed E-state index contributed by atoms with van der Waals surface area (Å²) in [4.78, 5) is 18.8. The van der Waals surface area contributed by atoms with Crippen molar-refractivity contribution in [2.45, 2.75) is 77.7 Å². The van der Waals surface area contributed by atoms with Crippen molar-refractivity contribution in [2.75, 3.05) is 13.2 Å². The molecule has 2 radical (unpaired) electrons. The number of aromatic nitrogens is 2. The van der Waals surface area contributed by atoms with Crippen LogP contribution in [0.25, 0.3) is 0 Å². The fourth-order valence-electron chi connectivity index (χ4n) is 2.92. The summed E-state index contributed by atoms with van der Waals surface area (Å²) in [6.07, 6.45) is 3.12. The Labute approximate surface area is 159 Å². The molecule has 0 N–H and O–H groups in total. The summed E-state index contributed by atoms with van der Waals surface area (Å²) in [5.41, 5.74) is 0.0440. The number of carbonyl (C=O) groups is 1. The van der Waals surface area contributed by atoms with Gasteiger partial charge in [0.2, 0.25) is 0 Å². The van der Waals surface area contributed by atoms with Crippen molar-refractivity contribution in [2.24, 2.45) is 0 Å². The molecule has 1 amide bonds. The maximum absolute atomic E-state index is 12.5. The van der Waals surface area contributed by atoms with Crippen molar-refractivity contribution < 1.29 is 14.3 Å². The number of hydrogen-bond donors (Lipinski definition) is 0. The molecule has 0 unspecified atom stereocenters. The Morgan fingerprint density at radius 1 is 1.38 bits per heavy atom. The van der Waals surface area contributed by atoms with Crippen LogP contribution in [0.3, 0.4) is 0 Å². The second kappa shape index (κ2) is 8.17. The second-order valence-corrected chi connectivity index (χ2v) is 14.8. The predicted octanol–water partition coefficient (Wildman–Crippen LogP) is 3.06. The summed E-state index contributed by atoms with van der Waals surface area (Å²) in [6.45, 7) is 14.4. The van der Waals surface area contributed by atoms with E-state index in [2.05, 4.69) is 24.6 Å². The van der Waals surface area contributed by atoms with Crippen molar-refractivity contribution in [1.29, 1.82) is 0 Å². The Morgan fingerprint density at radius 3 is 2.69 bits per heavy atom. The van der Waals surface area contributed by atoms with Crippen LogP contribution in [0.2, 0.25) is 25.7 Å². The van der Waals surface area contributed by atoms with Gasteiger partial charge < -0.3 is 14.0 Å². The van der Waals surface area contributed by atoms with Crippen LogP contribution in [0.15, 0.2) is 6.20 Å². The molecule has 6 nitrogen and oxygen atoms in total. The summed E-state index contributed by atoms with van der Waals surface area (Å²) in [5, 5.41) is 0. The van der Waals surface area contributed by atoms with Crippen molar-refractivity contribution in [1.82, 2.24) is 14.5 Å². The van der Waals surface area contributed by atoms with Crippen LogP contribution in [-0.4, -0.2) is 55.2 Å². The lowest BCUT2D eigenvalue weighted by Gasteiger charge is -2.29. The van der Waals surface area contributed by atoms with Crippen LogP contribution in [0.1, 0.15) is 45.5 Å². The highest BCUT2D eigenvalue weighted by Crippen LogP contribution is 2.32. The van der Waals surface area contributed by atoms with Gasteiger partial charge in [-0.2, -0.15) is 0 Å². The van der Waals surface area contributed by atoms with Crippen LogP contribution in [0.4, 0.5) is 4.79 Å². The zero-order chi connectivity index (χ0) is 19.5. The van der Waals surface area contributed by atoms with E-state index in [1.54, 1.807) is 11.1 Å². The first kappa shape index (κ1) is 21.0. The molecule has 2 heterocycles. The van der Waals surface area contributed by atoms with Crippen LogP contribution >= 0.6 is 0 Å². The first-order chi connectivity index (χ1) is 12.0. The molecule has 8 heteroatoms. The molecule has 1 aliphatic heterocycles. The molecule has 1 saturated heterocycles. The number of nitrogens with zero attached hydrogens (tertiary/aromatic N) is 3. The molecule has 1 fully saturated rings. The van der Waals surface area contributed by atoms with Gasteiger partial charge in [0.05, 0.1) is 6.04 Å². The van der Waals surface area contributed by atoms with Crippen LogP contribution in [0, 0.1) is 0 Å². The highest BCUT2D eigenvalue weighted by atomic mass is 28.3. The van der Waals surface area contributed by atoms with Gasteiger partial charge in [0.15, 0.2) is 0 Å². The number of rotatable bonds is 6. The third-order valence-corrected chi connectivity index (χ3v) is 6.02. The maximum atomic E-state index is 12.5. The Bertz CT molecular complexity index is 622. The number of ether oxygens (including phenoxy) is 2. The first-order valence-electron chi connectivity index (χ1n) is 9.36. The molecule has 1 aliphatic rings. The molecule has 1 aromatic rings. The fourth-order valence-corrected chi connectivity index (χ4v) is 3.68. The van der Waals surface area contributed by atoms with E-state index in [1.165, 1.54) is 0 Å². The van der Waals surface area contributed by atoms with E-state index in [1.807, 2.05) is 25.3 Å². The summed E-state index contributed by atoms with van der Waals surface area (Å²) < 4.78 is 13.3. The molecule has 26 heavy (non-hydrogen) atoms. The molecule has 0 spiro atoms. The van der Waals surface area contributed by atoms with Crippen molar-refractivity contribution in [3.63, 3.8) is 0 Å². The Kier molecular flexibility index (Phi) is 6.61. The van der Waals surface area contributed by atoms with Crippen molar-refractivity contribution >= 4 is 27.6 Å². The van der Waals surface area contributed by atoms with E-state index >= 15 is 0 Å². The molecule has 2 rings (SSSR count). The number of likely N-dealkylation sites (tertiary alicyclic amines) is 1. The van der Waals surface area contributed by atoms with Gasteiger partial charge in [-0.1, -0.05) is 19.6 Å². The molecule has 0 saturated carbocycles. The number of imidazole rings is 1. The van der Waals surface area contributed by atoms with Gasteiger partial charge >= 0.3 is 6.09 Å². The Morgan fingerprint density at radius 2 is 2.08 bits per heavy atom. The molecule has 1 atom stereocenters. The summed E-state index contributed by atoms with van der Waals surface area (Å²) >= 11 is 0. The predicted molar refractivity (Wildman–Crippen MR) is 107 cm³/mol. The normalized spacial score (nSPS) is 18.4. The average molecular weight is 377 g/mol. The van der Waals surface area contributed by atoms with Crippen molar-refractivity contribution in [3.8, 4) is 0 Å². The van der Waals surface area contributed by atoms with Crippen LogP contribution < -0.4 is 5.59 Å². The summed E-state index contributed by atoms with van der Waals surface area (Å²) in [5.74, 6) is 0.777. The average Bonchev–Trinajstić information content (AvgIpc) is 3.07. The Balaban J connectivity index is 2.07. The van der Waals surface area contributed by atoms with Gasteiger partial charge in [-0.15, -0.1) is 0 Å². The third kappa shape index (κ3) is 5.87. The minimum Gasteiger partial charge on any atom is -0.444 e. The second-order valence-electron chi connectivity index (χ2n) is 9.15. The SMILES string of the molecule is [B]c1cnc([C@@H]2CCCN2C(=O)OC(C)(C)C)n1COCC[Si](C)(C)C. The van der Waals surface area contributed by atoms with Gasteiger partial charge in [-0.3, -0.25) is 4.90 Å². The lowest BCUT2D eigenvalue weighted by molar-refractivity contribution is 0.0205. The van der Waals surface area contributed by atoms with Gasteiger partial charge in [0.25, 0.3) is 0 Å². The number of carbonyl (C=O) groups excluding carboxylic acids is 1. The molecule has 0 bridgehead atoms. The van der Waals surface area contributed by atoms with E-state index in [-0.39, 0.29) is 12.1 Å². The molecule has 0 aromatic carbocycles. The lowest BCUT2D eigenvalue weighted by Crippen LogP contribution is -2.37. The van der Waals surface area contributed by atoms with Gasteiger partial charge in [0, 0.05) is 27.4 Å². The van der Waals surface area contributed by atoms with Crippen LogP contribution in [-0.2, 0) is 16.2 Å². The minimum absolute atomic E-state index is 0.122. The topological polar surface area (TPSA) is 56.6 Å². The third-order valence-electron chi connectivity index (χ3n) is 4.31. The quantitative estimate of drug-likeness (QED) is 0.565. The largest absolute Gasteiger partial charge is 0.444 e. The molecule has 1 aromatic heterocycles. The Hall–Kier alpha value is -1.28. The zero-order valence-electron chi connectivity index (χ0n) is 17.0. The standard InChI is InChI=1S/C18H32BN3O3Si/c1-18(2,3)25-17(23)21-9-7-8-14(21)16-20-12-15(19)22(16)13-24-10-11-26(4,5)6/h12,14H,7-11,13H2,1-6H3/t14-/m0/s1. The smallest absolute Gasteiger partial charge is 0.410 e. The molecular weight excluding hydrogens is 345 g/mol. The zero-order valence-corrected chi connectivity index (χ0v) is 18.0. The number of amides is 1. The van der Waals surface area contributed by atoms with Crippen LogP contribution in [0.5, 0.6) is 0 Å². The van der Waals surface area contributed by atoms with Gasteiger partial charge in [-0.05, 0) is 45.3 Å². The van der Waals surface area contributed by atoms with E-state index in [9.17, 15) is 4.79 Å². The fraction of sp³-hybridized carbons (Fsp3) is 0.778. The van der Waals surface area contributed by atoms with Gasteiger partial charge in [-0.25, -0.2) is 9.78 Å². The minimum atomic E-state index is -1.13. The maximum Gasteiger partial charge on any atom is 0.410 e. The summed E-state index contributed by atoms with van der Waals surface area (Å²) in [6, 6.07) is 0.979. The number of hydrogen-bond acceptors (Lipinski definition) is 4. The van der Waals surface area contributed by atoms with E-state index in [4.69, 9.17) is 17.3 Å². The molecule has 0 aliphatic carbocycles. The summed E-state index contributed by atoms with van der Waals surface area (Å²) in [7, 11) is 4.96. The monoisotopic (exact) mass is 377 g/mol. The van der Waals surface area contributed by atoms with Crippen molar-refractivity contribution in [3.05, 3.63) is 12.0 Å². The highest BCUT2D eigenvalue weighted by molar-refractivity contribution is 6.76. The highest BCUT2D eigenvalue weighted by Gasteiger charge is 2.35. The molecule has 144 valence electrons. The van der Waals surface area contributed by atoms with E-state index in [0.29, 0.717) is 25.5 Å². The first-order valence-corrected chi connectivity index (χ1v) is 13.1.